The van der Waals surface area contributed by atoms with E-state index in [4.69, 9.17) is 4.74 Å². The second-order valence-electron chi connectivity index (χ2n) is 9.75. The van der Waals surface area contributed by atoms with Gasteiger partial charge in [0.1, 0.15) is 23.7 Å². The quantitative estimate of drug-likeness (QED) is 0.445. The summed E-state index contributed by atoms with van der Waals surface area (Å²) >= 11 is 0. The molecule has 1 fully saturated rings. The molecule has 0 saturated heterocycles. The van der Waals surface area contributed by atoms with Crippen molar-refractivity contribution in [2.75, 3.05) is 38.0 Å². The van der Waals surface area contributed by atoms with Gasteiger partial charge in [0, 0.05) is 39.7 Å². The number of halogens is 1. The minimum absolute atomic E-state index is 0.0832. The van der Waals surface area contributed by atoms with Crippen LogP contribution in [0.5, 0.6) is 5.75 Å². The van der Waals surface area contributed by atoms with Gasteiger partial charge in [0.25, 0.3) is 0 Å². The predicted molar refractivity (Wildman–Crippen MR) is 142 cm³/mol. The van der Waals surface area contributed by atoms with Gasteiger partial charge in [-0.1, -0.05) is 0 Å². The highest BCUT2D eigenvalue weighted by Crippen LogP contribution is 2.35. The summed E-state index contributed by atoms with van der Waals surface area (Å²) in [4.78, 5) is 10.8. The molecule has 0 amide bonds. The molecular weight excluding hydrogens is 481 g/mol. The number of nitrogens with zero attached hydrogens (tertiary/aromatic N) is 4. The van der Waals surface area contributed by atoms with Crippen LogP contribution in [0.25, 0.3) is 10.9 Å². The molecule has 1 aliphatic rings. The molecule has 194 valence electrons. The largest absolute Gasteiger partial charge is 0.488 e. The Morgan fingerprint density at radius 1 is 1.19 bits per heavy atom. The average Bonchev–Trinajstić information content (AvgIpc) is 2.81. The Morgan fingerprint density at radius 2 is 1.94 bits per heavy atom. The van der Waals surface area contributed by atoms with Crippen LogP contribution in [0.3, 0.4) is 0 Å². The van der Waals surface area contributed by atoms with Crippen LogP contribution in [0.2, 0.25) is 0 Å². The predicted octanol–water partition coefficient (Wildman–Crippen LogP) is 4.79. The van der Waals surface area contributed by atoms with E-state index in [9.17, 15) is 13.7 Å². The molecule has 4 rings (SSSR count). The first kappa shape index (κ1) is 26.2. The molecule has 1 heterocycles. The molecule has 0 aliphatic heterocycles. The van der Waals surface area contributed by atoms with Crippen molar-refractivity contribution in [2.45, 2.75) is 44.8 Å². The molecule has 2 aromatic carbocycles. The second-order valence-corrected chi connectivity index (χ2v) is 12.3. The lowest BCUT2D eigenvalue weighted by Crippen LogP contribution is -2.26. The molecule has 1 saturated carbocycles. The van der Waals surface area contributed by atoms with Gasteiger partial charge in [-0.15, -0.1) is 0 Å². The van der Waals surface area contributed by atoms with Gasteiger partial charge < -0.3 is 20.1 Å². The highest BCUT2D eigenvalue weighted by molar-refractivity contribution is 7.93. The number of anilines is 2. The van der Waals surface area contributed by atoms with Gasteiger partial charge in [0.2, 0.25) is 0 Å². The smallest absolute Gasteiger partial charge is 0.146 e. The van der Waals surface area contributed by atoms with Gasteiger partial charge in [0.05, 0.1) is 29.1 Å². The van der Waals surface area contributed by atoms with Gasteiger partial charge in [-0.25, -0.2) is 18.6 Å². The number of hydrogen-bond donors (Lipinski definition) is 2. The van der Waals surface area contributed by atoms with Crippen LogP contribution in [-0.4, -0.2) is 69.0 Å². The molecule has 1 atom stereocenters. The van der Waals surface area contributed by atoms with Crippen LogP contribution in [0.15, 0.2) is 41.0 Å². The normalized spacial score (nSPS) is 19.8. The summed E-state index contributed by atoms with van der Waals surface area (Å²) in [6.07, 6.45) is 5.52. The maximum Gasteiger partial charge on any atom is 0.146 e. The molecule has 1 aliphatic carbocycles. The highest BCUT2D eigenvalue weighted by Gasteiger charge is 2.22. The SMILES string of the molecule is Cc1cc(N=S(C)(=O)CCN(C)C)cc2ncnc(Nc3ccc(F)cc3O[C@H]3CC[C@H](O)CC3)c12. The lowest BCUT2D eigenvalue weighted by Gasteiger charge is -2.27. The molecule has 1 unspecified atom stereocenters. The number of fused-ring (bicyclic) bond motifs is 1. The lowest BCUT2D eigenvalue weighted by molar-refractivity contribution is 0.0668. The second kappa shape index (κ2) is 11.1. The Kier molecular flexibility index (Phi) is 8.07. The molecule has 36 heavy (non-hydrogen) atoms. The van der Waals surface area contributed by atoms with E-state index in [1.54, 1.807) is 12.3 Å². The minimum atomic E-state index is -2.39. The fraction of sp³-hybridized carbons (Fsp3) is 0.462. The van der Waals surface area contributed by atoms with Gasteiger partial charge in [0.15, 0.2) is 0 Å². The van der Waals surface area contributed by atoms with Crippen molar-refractivity contribution in [3.8, 4) is 5.75 Å². The van der Waals surface area contributed by atoms with E-state index in [1.807, 2.05) is 38.1 Å². The summed E-state index contributed by atoms with van der Waals surface area (Å²) in [5.41, 5.74) is 2.75. The van der Waals surface area contributed by atoms with E-state index in [2.05, 4.69) is 19.6 Å². The number of aryl methyl sites for hydroxylation is 1. The molecular formula is C26H34FN5O3S. The number of aliphatic hydroxyl groups excluding tert-OH is 1. The number of rotatable bonds is 8. The van der Waals surface area contributed by atoms with E-state index >= 15 is 0 Å². The van der Waals surface area contributed by atoms with Gasteiger partial charge in [-0.2, -0.15) is 4.36 Å². The van der Waals surface area contributed by atoms with Crippen molar-refractivity contribution in [1.82, 2.24) is 14.9 Å². The van der Waals surface area contributed by atoms with E-state index in [1.165, 1.54) is 18.5 Å². The maximum atomic E-state index is 14.1. The van der Waals surface area contributed by atoms with Crippen molar-refractivity contribution < 1.29 is 18.4 Å². The first-order valence-corrected chi connectivity index (χ1v) is 14.2. The zero-order valence-corrected chi connectivity index (χ0v) is 22.0. The number of aromatic nitrogens is 2. The summed E-state index contributed by atoms with van der Waals surface area (Å²) in [7, 11) is 1.49. The molecule has 3 aromatic rings. The summed E-state index contributed by atoms with van der Waals surface area (Å²) in [6, 6.07) is 8.06. The van der Waals surface area contributed by atoms with E-state index in [0.29, 0.717) is 66.4 Å². The zero-order valence-electron chi connectivity index (χ0n) is 21.2. The standard InChI is InChI=1S/C26H34FN5O3S/c1-17-13-19(31-36(4,34)12-11-32(2)3)15-23-25(17)26(29-16-28-23)30-22-10-5-18(27)14-24(22)35-21-8-6-20(33)7-9-21/h5,10,13-16,20-21,33H,6-9,11-12H2,1-4H3,(H,28,29,30)/t20-,21-,36?. The van der Waals surface area contributed by atoms with Crippen LogP contribution < -0.4 is 10.1 Å². The first-order chi connectivity index (χ1) is 17.1. The molecule has 10 heteroatoms. The topological polar surface area (TPSA) is 99.9 Å². The summed E-state index contributed by atoms with van der Waals surface area (Å²) in [5, 5.41) is 13.9. The summed E-state index contributed by atoms with van der Waals surface area (Å²) in [6.45, 7) is 2.62. The van der Waals surface area contributed by atoms with E-state index < -0.39 is 9.73 Å². The Hall–Kier alpha value is -2.82. The van der Waals surface area contributed by atoms with Crippen LogP contribution >= 0.6 is 0 Å². The zero-order chi connectivity index (χ0) is 25.9. The molecule has 0 bridgehead atoms. The third-order valence-corrected chi connectivity index (χ3v) is 7.81. The Bertz CT molecular complexity index is 1350. The summed E-state index contributed by atoms with van der Waals surface area (Å²) in [5.74, 6) is 1.04. The Morgan fingerprint density at radius 3 is 2.67 bits per heavy atom. The van der Waals surface area contributed by atoms with Gasteiger partial charge >= 0.3 is 0 Å². The molecule has 0 radical (unpaired) electrons. The number of nitrogens with one attached hydrogen (secondary N) is 1. The maximum absolute atomic E-state index is 14.1. The third-order valence-electron chi connectivity index (χ3n) is 6.27. The Labute approximate surface area is 212 Å². The number of ether oxygens (including phenoxy) is 1. The van der Waals surface area contributed by atoms with E-state index in [0.717, 1.165) is 10.9 Å². The summed E-state index contributed by atoms with van der Waals surface area (Å²) < 4.78 is 37.7. The van der Waals surface area contributed by atoms with Gasteiger partial charge in [-0.3, -0.25) is 0 Å². The molecule has 0 spiro atoms. The number of hydrogen-bond acceptors (Lipinski definition) is 8. The monoisotopic (exact) mass is 515 g/mol. The average molecular weight is 516 g/mol. The van der Waals surface area contributed by atoms with Gasteiger partial charge in [-0.05, 0) is 76.5 Å². The fourth-order valence-corrected chi connectivity index (χ4v) is 5.65. The third kappa shape index (κ3) is 6.68. The van der Waals surface area contributed by atoms with Crippen molar-refractivity contribution in [3.05, 3.63) is 48.0 Å². The van der Waals surface area contributed by atoms with Crippen molar-refractivity contribution in [2.24, 2.45) is 4.36 Å². The lowest BCUT2D eigenvalue weighted by atomic mass is 9.95. The molecule has 1 aromatic heterocycles. The van der Waals surface area contributed by atoms with Crippen molar-refractivity contribution in [3.63, 3.8) is 0 Å². The molecule has 8 nitrogen and oxygen atoms in total. The van der Waals surface area contributed by atoms with Crippen LogP contribution in [0, 0.1) is 12.7 Å². The minimum Gasteiger partial charge on any atom is -0.488 e. The number of aliphatic hydroxyl groups is 1. The van der Waals surface area contributed by atoms with Crippen molar-refractivity contribution >= 4 is 37.8 Å². The Balaban J connectivity index is 1.64. The van der Waals surface area contributed by atoms with Crippen molar-refractivity contribution in [1.29, 1.82) is 0 Å². The molecule has 2 N–H and O–H groups in total. The fourth-order valence-electron chi connectivity index (χ4n) is 4.31. The number of benzene rings is 2. The van der Waals surface area contributed by atoms with Crippen LogP contribution in [0.4, 0.5) is 21.6 Å². The van der Waals surface area contributed by atoms with E-state index in [-0.39, 0.29) is 18.0 Å². The van der Waals surface area contributed by atoms with Crippen LogP contribution in [0.1, 0.15) is 31.2 Å². The first-order valence-electron chi connectivity index (χ1n) is 12.1. The van der Waals surface area contributed by atoms with Crippen LogP contribution in [-0.2, 0) is 9.73 Å². The highest BCUT2D eigenvalue weighted by atomic mass is 32.2.